The zero-order valence-electron chi connectivity index (χ0n) is 16.6. The second-order valence-corrected chi connectivity index (χ2v) is 8.75. The highest BCUT2D eigenvalue weighted by Gasteiger charge is 2.32. The van der Waals surface area contributed by atoms with Crippen LogP contribution in [0.15, 0.2) is 77.7 Å². The lowest BCUT2D eigenvalue weighted by molar-refractivity contribution is -0.131. The number of benzene rings is 3. The number of carbonyl (C=O) groups is 1. The lowest BCUT2D eigenvalue weighted by atomic mass is 9.77. The molecule has 2 unspecified atom stereocenters. The Kier molecular flexibility index (Phi) is 5.59. The molecule has 0 aliphatic carbocycles. The molecule has 29 heavy (non-hydrogen) atoms. The van der Waals surface area contributed by atoms with Crippen molar-refractivity contribution in [2.45, 2.75) is 30.6 Å². The molecule has 0 aromatic heterocycles. The molecule has 0 bridgehead atoms. The summed E-state index contributed by atoms with van der Waals surface area (Å²) in [6, 6.07) is 23.9. The van der Waals surface area contributed by atoms with Crippen LogP contribution in [0, 0.1) is 13.8 Å². The van der Waals surface area contributed by atoms with Crippen LogP contribution in [0.3, 0.4) is 0 Å². The SMILES string of the molecule is Cc1ccc(C2CSc3cc(C)ccc3C2c2cccc(/C=C/C(=O)O)c2)cc1. The third kappa shape index (κ3) is 4.30. The predicted molar refractivity (Wildman–Crippen MR) is 121 cm³/mol. The van der Waals surface area contributed by atoms with Crippen molar-refractivity contribution in [2.75, 3.05) is 5.75 Å². The average molecular weight is 401 g/mol. The van der Waals surface area contributed by atoms with Gasteiger partial charge in [0, 0.05) is 28.6 Å². The monoisotopic (exact) mass is 400 g/mol. The number of carboxylic acid groups (broad SMARTS) is 1. The topological polar surface area (TPSA) is 37.3 Å². The van der Waals surface area contributed by atoms with E-state index >= 15 is 0 Å². The zero-order chi connectivity index (χ0) is 20.4. The molecular weight excluding hydrogens is 376 g/mol. The normalized spacial score (nSPS) is 18.6. The van der Waals surface area contributed by atoms with Crippen LogP contribution in [-0.2, 0) is 4.79 Å². The van der Waals surface area contributed by atoms with Gasteiger partial charge in [0.05, 0.1) is 0 Å². The molecule has 3 aromatic carbocycles. The Bertz CT molecular complexity index is 1070. The molecule has 1 N–H and O–H groups in total. The quantitative estimate of drug-likeness (QED) is 0.513. The van der Waals surface area contributed by atoms with Gasteiger partial charge in [0.2, 0.25) is 0 Å². The highest BCUT2D eigenvalue weighted by molar-refractivity contribution is 7.99. The highest BCUT2D eigenvalue weighted by Crippen LogP contribution is 2.49. The third-order valence-electron chi connectivity index (χ3n) is 5.52. The van der Waals surface area contributed by atoms with Crippen LogP contribution in [-0.4, -0.2) is 16.8 Å². The summed E-state index contributed by atoms with van der Waals surface area (Å²) in [5.74, 6) is 0.712. The summed E-state index contributed by atoms with van der Waals surface area (Å²) < 4.78 is 0. The minimum atomic E-state index is -0.928. The van der Waals surface area contributed by atoms with Gasteiger partial charge in [0.1, 0.15) is 0 Å². The van der Waals surface area contributed by atoms with E-state index in [0.29, 0.717) is 5.92 Å². The van der Waals surface area contributed by atoms with Crippen molar-refractivity contribution in [2.24, 2.45) is 0 Å². The maximum atomic E-state index is 10.9. The van der Waals surface area contributed by atoms with Gasteiger partial charge in [-0.3, -0.25) is 0 Å². The van der Waals surface area contributed by atoms with Crippen molar-refractivity contribution in [3.8, 4) is 0 Å². The number of rotatable bonds is 4. The Morgan fingerprint density at radius 3 is 2.48 bits per heavy atom. The molecule has 2 atom stereocenters. The highest BCUT2D eigenvalue weighted by atomic mass is 32.2. The Balaban J connectivity index is 1.82. The minimum absolute atomic E-state index is 0.243. The van der Waals surface area contributed by atoms with E-state index in [1.165, 1.54) is 38.8 Å². The fraction of sp³-hybridized carbons (Fsp3) is 0.192. The molecule has 0 amide bonds. The fourth-order valence-electron chi connectivity index (χ4n) is 4.05. The second-order valence-electron chi connectivity index (χ2n) is 7.69. The molecule has 0 saturated heterocycles. The first-order valence-corrected chi connectivity index (χ1v) is 10.8. The smallest absolute Gasteiger partial charge is 0.328 e. The largest absolute Gasteiger partial charge is 0.478 e. The van der Waals surface area contributed by atoms with Gasteiger partial charge in [0.15, 0.2) is 0 Å². The van der Waals surface area contributed by atoms with Crippen molar-refractivity contribution in [3.63, 3.8) is 0 Å². The van der Waals surface area contributed by atoms with Gasteiger partial charge in [-0.2, -0.15) is 0 Å². The van der Waals surface area contributed by atoms with E-state index in [9.17, 15) is 4.79 Å². The van der Waals surface area contributed by atoms with E-state index in [1.54, 1.807) is 6.08 Å². The predicted octanol–water partition coefficient (Wildman–Crippen LogP) is 6.42. The van der Waals surface area contributed by atoms with E-state index in [0.717, 1.165) is 11.3 Å². The minimum Gasteiger partial charge on any atom is -0.478 e. The summed E-state index contributed by atoms with van der Waals surface area (Å²) in [6.45, 7) is 4.26. The van der Waals surface area contributed by atoms with Gasteiger partial charge in [-0.05, 0) is 53.8 Å². The van der Waals surface area contributed by atoms with E-state index in [-0.39, 0.29) is 5.92 Å². The second kappa shape index (κ2) is 8.30. The molecule has 4 rings (SSSR count). The fourth-order valence-corrected chi connectivity index (χ4v) is 5.43. The molecule has 1 aliphatic heterocycles. The summed E-state index contributed by atoms with van der Waals surface area (Å²) >= 11 is 1.94. The van der Waals surface area contributed by atoms with Crippen molar-refractivity contribution < 1.29 is 9.90 Å². The Hall–Kier alpha value is -2.78. The molecule has 0 spiro atoms. The van der Waals surface area contributed by atoms with E-state index in [2.05, 4.69) is 68.4 Å². The number of thioether (sulfide) groups is 1. The molecule has 0 radical (unpaired) electrons. The van der Waals surface area contributed by atoms with Crippen LogP contribution in [0.2, 0.25) is 0 Å². The Morgan fingerprint density at radius 1 is 0.966 bits per heavy atom. The Morgan fingerprint density at radius 2 is 1.72 bits per heavy atom. The summed E-state index contributed by atoms with van der Waals surface area (Å²) in [5.41, 5.74) is 7.41. The first-order valence-electron chi connectivity index (χ1n) is 9.82. The van der Waals surface area contributed by atoms with E-state index < -0.39 is 5.97 Å². The lowest BCUT2D eigenvalue weighted by Gasteiger charge is -2.34. The summed E-state index contributed by atoms with van der Waals surface area (Å²) in [5, 5.41) is 8.97. The molecule has 3 aromatic rings. The van der Waals surface area contributed by atoms with Gasteiger partial charge >= 0.3 is 5.97 Å². The zero-order valence-corrected chi connectivity index (χ0v) is 17.4. The maximum absolute atomic E-state index is 10.9. The number of carboxylic acids is 1. The van der Waals surface area contributed by atoms with Crippen LogP contribution < -0.4 is 0 Å². The average Bonchev–Trinajstić information content (AvgIpc) is 2.72. The van der Waals surface area contributed by atoms with Crippen LogP contribution in [0.25, 0.3) is 6.08 Å². The Labute approximate surface area is 176 Å². The molecule has 146 valence electrons. The van der Waals surface area contributed by atoms with Crippen LogP contribution >= 0.6 is 11.8 Å². The summed E-state index contributed by atoms with van der Waals surface area (Å²) in [7, 11) is 0. The van der Waals surface area contributed by atoms with Crippen molar-refractivity contribution in [3.05, 3.63) is 106 Å². The van der Waals surface area contributed by atoms with Crippen molar-refractivity contribution >= 4 is 23.8 Å². The lowest BCUT2D eigenvalue weighted by Crippen LogP contribution is -2.20. The number of aliphatic carboxylic acids is 1. The standard InChI is InChI=1S/C26H24O2S/c1-17-6-10-20(11-7-17)23-16-29-24-14-18(2)8-12-22(24)26(23)21-5-3-4-19(15-21)9-13-25(27)28/h3-15,23,26H,16H2,1-2H3,(H,27,28)/b13-9+. The maximum Gasteiger partial charge on any atom is 0.328 e. The van der Waals surface area contributed by atoms with Gasteiger partial charge in [-0.15, -0.1) is 11.8 Å². The van der Waals surface area contributed by atoms with Gasteiger partial charge in [-0.25, -0.2) is 4.79 Å². The van der Waals surface area contributed by atoms with E-state index in [1.807, 2.05) is 23.9 Å². The summed E-state index contributed by atoms with van der Waals surface area (Å²) in [4.78, 5) is 12.3. The molecule has 2 nitrogen and oxygen atoms in total. The van der Waals surface area contributed by atoms with Crippen molar-refractivity contribution in [1.29, 1.82) is 0 Å². The van der Waals surface area contributed by atoms with Crippen LogP contribution in [0.4, 0.5) is 0 Å². The molecule has 0 saturated carbocycles. The molecule has 0 fully saturated rings. The third-order valence-corrected chi connectivity index (χ3v) is 6.71. The van der Waals surface area contributed by atoms with Crippen LogP contribution in [0.1, 0.15) is 45.2 Å². The molecular formula is C26H24O2S. The number of hydrogen-bond donors (Lipinski definition) is 1. The van der Waals surface area contributed by atoms with Gasteiger partial charge in [0.25, 0.3) is 0 Å². The van der Waals surface area contributed by atoms with Gasteiger partial charge in [-0.1, -0.05) is 66.2 Å². The molecule has 1 aliphatic rings. The molecule has 3 heteroatoms. The number of fused-ring (bicyclic) bond motifs is 1. The first kappa shape index (κ1) is 19.5. The summed E-state index contributed by atoms with van der Waals surface area (Å²) in [6.07, 6.45) is 2.87. The van der Waals surface area contributed by atoms with Gasteiger partial charge < -0.3 is 5.11 Å². The molecule has 1 heterocycles. The number of hydrogen-bond acceptors (Lipinski definition) is 2. The van der Waals surface area contributed by atoms with E-state index in [4.69, 9.17) is 5.11 Å². The van der Waals surface area contributed by atoms with Crippen LogP contribution in [0.5, 0.6) is 0 Å². The number of aryl methyl sites for hydroxylation is 2. The van der Waals surface area contributed by atoms with Crippen molar-refractivity contribution in [1.82, 2.24) is 0 Å². The first-order chi connectivity index (χ1) is 14.0.